The molecule has 25 heteroatoms. The molecule has 3 unspecified atom stereocenters. The Labute approximate surface area is 390 Å². The summed E-state index contributed by atoms with van der Waals surface area (Å²) >= 11 is 0. The number of anilines is 2. The zero-order valence-electron chi connectivity index (χ0n) is 37.7. The number of hydrogen-bond donors (Lipinski definition) is 7. The fourth-order valence-corrected chi connectivity index (χ4v) is 10.6. The van der Waals surface area contributed by atoms with E-state index >= 15 is 0 Å². The molecule has 22 nitrogen and oxygen atoms in total. The molecule has 68 heavy (non-hydrogen) atoms. The van der Waals surface area contributed by atoms with Crippen LogP contribution in [0.15, 0.2) is 63.9 Å². The molecule has 364 valence electrons. The van der Waals surface area contributed by atoms with Gasteiger partial charge in [0.1, 0.15) is 29.9 Å². The number of nitrogens with one attached hydrogen (secondary N) is 3. The molecule has 0 bridgehead atoms. The summed E-state index contributed by atoms with van der Waals surface area (Å²) in [6.07, 6.45) is 0.130. The van der Waals surface area contributed by atoms with Crippen molar-refractivity contribution in [3.8, 4) is 34.3 Å². The number of nitrogens with zero attached hydrogens (tertiary/aromatic N) is 3. The third-order valence-electron chi connectivity index (χ3n) is 10.6. The maximum Gasteiger partial charge on any atom is 0.487 e. The zero-order chi connectivity index (χ0) is 49.6. The summed E-state index contributed by atoms with van der Waals surface area (Å²) < 4.78 is 59.6. The van der Waals surface area contributed by atoms with Crippen LogP contribution >= 0.6 is 23.5 Å². The number of carbonyl (C=O) groups excluding carboxylic acids is 2. The minimum absolute atomic E-state index is 0.0884. The monoisotopic (exact) mass is 999 g/mol. The Morgan fingerprint density at radius 2 is 1.79 bits per heavy atom. The number of nitrogens with two attached hydrogens (primary N) is 1. The Kier molecular flexibility index (Phi) is 16.7. The minimum atomic E-state index is -5.81. The lowest BCUT2D eigenvalue weighted by atomic mass is 9.89. The number of rotatable bonds is 18. The highest BCUT2D eigenvalue weighted by Crippen LogP contribution is 2.65. The van der Waals surface area contributed by atoms with Gasteiger partial charge in [-0.1, -0.05) is 30.0 Å². The first-order chi connectivity index (χ1) is 32.1. The molecular weight excluding hydrogens is 947 g/mol. The van der Waals surface area contributed by atoms with Crippen molar-refractivity contribution in [2.45, 2.75) is 65.7 Å². The second kappa shape index (κ2) is 21.8. The van der Waals surface area contributed by atoms with Crippen LogP contribution in [0.5, 0.6) is 0 Å². The van der Waals surface area contributed by atoms with Gasteiger partial charge >= 0.3 is 21.3 Å². The number of ether oxygens (including phenoxy) is 1. The number of amides is 2. The lowest BCUT2D eigenvalue weighted by Gasteiger charge is -2.22. The van der Waals surface area contributed by atoms with Crippen molar-refractivity contribution in [3.05, 3.63) is 92.8 Å². The van der Waals surface area contributed by atoms with Crippen molar-refractivity contribution in [3.63, 3.8) is 0 Å². The van der Waals surface area contributed by atoms with E-state index in [9.17, 15) is 42.8 Å². The molecule has 0 saturated carbocycles. The van der Waals surface area contributed by atoms with Crippen molar-refractivity contribution in [2.24, 2.45) is 0 Å². The van der Waals surface area contributed by atoms with Gasteiger partial charge in [-0.05, 0) is 76.3 Å². The maximum absolute atomic E-state index is 14.2. The molecule has 1 aliphatic carbocycles. The standard InChI is InChI=1S/C43H52N7O15P3/c1-6-45-34-22-36-32(20-26(34)3)40(33-21-27(4)35(46-7-2)23-37(33)63-36)30-13-8-9-14-31(30)42(52)49(5)19-11-15-38(51)47-18-10-12-28-24-50(43(53)48-41(28)44)39-17-16-29(62-39)25-61-67(57,58)65-68(59,60)64-66(54,55)56/h8-9,13-14,20-24,29,39,45H,6-7,11,15-19,25H2,1-5H3,(H,47,51)(H,57,58)(H,59,60)(H2,44,48,53)(H2,54,55,56)/t29-,39+/m0/s1. The highest BCUT2D eigenvalue weighted by molar-refractivity contribution is 7.66. The largest absolute Gasteiger partial charge is 0.756 e. The van der Waals surface area contributed by atoms with Gasteiger partial charge in [-0.2, -0.15) is 9.29 Å². The van der Waals surface area contributed by atoms with Crippen LogP contribution in [0, 0.1) is 25.7 Å². The molecule has 5 atom stereocenters. The molecule has 6 rings (SSSR count). The van der Waals surface area contributed by atoms with Crippen molar-refractivity contribution in [1.82, 2.24) is 19.8 Å². The molecule has 0 spiro atoms. The van der Waals surface area contributed by atoms with Gasteiger partial charge in [-0.15, -0.1) is 0 Å². The first-order valence-electron chi connectivity index (χ1n) is 21.3. The van der Waals surface area contributed by atoms with Gasteiger partial charge in [-0.25, -0.2) is 23.2 Å². The van der Waals surface area contributed by atoms with E-state index in [1.165, 1.54) is 6.20 Å². The van der Waals surface area contributed by atoms with E-state index in [0.29, 0.717) is 23.3 Å². The number of phosphoric acid groups is 3. The molecular formula is C43H52N7O15P3. The van der Waals surface area contributed by atoms with Crippen LogP contribution in [0.25, 0.3) is 33.4 Å². The Balaban J connectivity index is 1.06. The third kappa shape index (κ3) is 13.2. The first kappa shape index (κ1) is 51.9. The van der Waals surface area contributed by atoms with E-state index in [2.05, 4.69) is 57.7 Å². The summed E-state index contributed by atoms with van der Waals surface area (Å²) in [6.45, 7) is 9.08. The predicted molar refractivity (Wildman–Crippen MR) is 246 cm³/mol. The number of fused-ring (bicyclic) bond motifs is 2. The Hall–Kier alpha value is -5.52. The SMILES string of the molecule is CCNc1cc2oc3cc(=[NH+]CC)c(C)cc-3c(-c3ccccc3C(=O)N(C)CCCC(=O)NCC#Cc3cn([C@H]4CC[C@@H](COP(=O)(O)OP(=O)(O)OP(=O)([O-])O)O4)c(=O)nc3N)c2cc1C. The van der Waals surface area contributed by atoms with E-state index < -0.39 is 48.1 Å². The second-order valence-electron chi connectivity index (χ2n) is 15.7. The van der Waals surface area contributed by atoms with Crippen molar-refractivity contribution >= 4 is 57.8 Å². The zero-order valence-corrected chi connectivity index (χ0v) is 40.4. The minimum Gasteiger partial charge on any atom is -0.756 e. The van der Waals surface area contributed by atoms with Gasteiger partial charge in [0.25, 0.3) is 13.7 Å². The van der Waals surface area contributed by atoms with Crippen LogP contribution < -0.4 is 37.3 Å². The summed E-state index contributed by atoms with van der Waals surface area (Å²) in [6, 6.07) is 15.6. The van der Waals surface area contributed by atoms with Crippen LogP contribution in [0.4, 0.5) is 11.5 Å². The van der Waals surface area contributed by atoms with Gasteiger partial charge in [0.15, 0.2) is 0 Å². The molecule has 3 heterocycles. The summed E-state index contributed by atoms with van der Waals surface area (Å²) in [4.78, 5) is 86.8. The van der Waals surface area contributed by atoms with Crippen LogP contribution in [-0.4, -0.2) is 86.9 Å². The highest BCUT2D eigenvalue weighted by atomic mass is 31.3. The molecule has 2 aromatic carbocycles. The Morgan fingerprint density at radius 1 is 1.04 bits per heavy atom. The predicted octanol–water partition coefficient (Wildman–Crippen LogP) is 2.80. The Bertz CT molecular complexity index is 3030. The fourth-order valence-electron chi connectivity index (χ4n) is 7.57. The van der Waals surface area contributed by atoms with Gasteiger partial charge < -0.3 is 50.0 Å². The molecule has 3 aromatic rings. The first-order valence-corrected chi connectivity index (χ1v) is 25.8. The number of phosphoric ester groups is 1. The topological polar surface area (TPSA) is 321 Å². The number of aryl methyl sites for hydroxylation is 2. The summed E-state index contributed by atoms with van der Waals surface area (Å²) in [7, 11) is -15.3. The van der Waals surface area contributed by atoms with Gasteiger partial charge in [0, 0.05) is 72.1 Å². The molecule has 2 aliphatic heterocycles. The van der Waals surface area contributed by atoms with Crippen LogP contribution in [0.2, 0.25) is 0 Å². The van der Waals surface area contributed by atoms with Crippen molar-refractivity contribution < 1.29 is 70.1 Å². The number of benzene rings is 3. The molecule has 1 fully saturated rings. The molecule has 2 amide bonds. The van der Waals surface area contributed by atoms with Crippen LogP contribution in [0.3, 0.4) is 0 Å². The number of aromatic nitrogens is 2. The van der Waals surface area contributed by atoms with E-state index in [4.69, 9.17) is 19.8 Å². The highest BCUT2D eigenvalue weighted by Gasteiger charge is 2.39. The Morgan fingerprint density at radius 3 is 2.51 bits per heavy atom. The maximum atomic E-state index is 14.2. The third-order valence-corrected chi connectivity index (χ3v) is 14.4. The van der Waals surface area contributed by atoms with E-state index in [0.717, 1.165) is 61.9 Å². The molecule has 0 radical (unpaired) electrons. The average molecular weight is 1000 g/mol. The summed E-state index contributed by atoms with van der Waals surface area (Å²) in [5, 5.41) is 7.93. The van der Waals surface area contributed by atoms with Crippen LogP contribution in [-0.2, 0) is 36.4 Å². The summed E-state index contributed by atoms with van der Waals surface area (Å²) in [5.41, 5.74) is 11.9. The summed E-state index contributed by atoms with van der Waals surface area (Å²) in [5.74, 6) is 5.46. The normalized spacial score (nSPS) is 17.8. The molecule has 3 aliphatic rings. The van der Waals surface area contributed by atoms with Crippen LogP contribution in [0.1, 0.15) is 72.8 Å². The average Bonchev–Trinajstić information content (AvgIpc) is 3.73. The number of carbonyl (C=O) groups is 2. The van der Waals surface area contributed by atoms with E-state index in [1.54, 1.807) is 18.0 Å². The van der Waals surface area contributed by atoms with Crippen molar-refractivity contribution in [2.75, 3.05) is 50.9 Å². The quantitative estimate of drug-likeness (QED) is 0.0377. The molecule has 1 saturated heterocycles. The fraction of sp³-hybridized carbons (Fsp3) is 0.372. The van der Waals surface area contributed by atoms with Gasteiger partial charge in [-0.3, -0.25) is 23.2 Å². The number of hydrogen-bond acceptors (Lipinski definition) is 15. The van der Waals surface area contributed by atoms with E-state index in [1.807, 2.05) is 58.0 Å². The van der Waals surface area contributed by atoms with E-state index in [-0.39, 0.29) is 55.5 Å². The molecule has 8 N–H and O–H groups in total. The smallest absolute Gasteiger partial charge is 0.487 e. The lowest BCUT2D eigenvalue weighted by molar-refractivity contribution is -0.496. The number of nitrogen functional groups attached to an aromatic ring is 1. The second-order valence-corrected chi connectivity index (χ2v) is 20.1. The van der Waals surface area contributed by atoms with Gasteiger partial charge in [0.05, 0.1) is 30.9 Å². The molecule has 1 aromatic heterocycles. The van der Waals surface area contributed by atoms with Gasteiger partial charge in [0.2, 0.25) is 11.3 Å². The van der Waals surface area contributed by atoms with Crippen molar-refractivity contribution in [1.29, 1.82) is 0 Å². The lowest BCUT2D eigenvalue weighted by Crippen LogP contribution is -2.76.